The van der Waals surface area contributed by atoms with Crippen LogP contribution < -0.4 is 10.6 Å². The predicted octanol–water partition coefficient (Wildman–Crippen LogP) is 2.96. The van der Waals surface area contributed by atoms with E-state index in [1.807, 2.05) is 79.4 Å². The summed E-state index contributed by atoms with van der Waals surface area (Å²) >= 11 is 0. The molecule has 2 amide bonds. The number of carbonyl (C=O) groups is 4. The molecule has 3 atom stereocenters. The number of morpholine rings is 1. The van der Waals surface area contributed by atoms with Crippen molar-refractivity contribution in [2.45, 2.75) is 58.0 Å². The highest BCUT2D eigenvalue weighted by atomic mass is 16.5. The standard InChI is InChI=1S/C33H45N3O6/c1-24(2)20-29(30(37)22-27(33(40)41-3)21-26-12-8-5-9-13-26)35-32(39)28(15-14-25-10-6-4-7-11-25)34-31(38)23-36-16-18-42-19-17-36/h4-13,24,27-29H,14-23H2,1-3H3,(H,34,38)(H,35,39)/t27-,28+,29+/m1/s1. The first-order valence-corrected chi connectivity index (χ1v) is 14.8. The number of benzene rings is 2. The lowest BCUT2D eigenvalue weighted by atomic mass is 9.89. The van der Waals surface area contributed by atoms with E-state index in [4.69, 9.17) is 9.47 Å². The molecule has 1 aliphatic rings. The highest BCUT2D eigenvalue weighted by Gasteiger charge is 2.31. The molecule has 0 saturated carbocycles. The first-order valence-electron chi connectivity index (χ1n) is 14.8. The van der Waals surface area contributed by atoms with E-state index in [0.29, 0.717) is 52.0 Å². The van der Waals surface area contributed by atoms with Crippen LogP contribution in [0, 0.1) is 11.8 Å². The van der Waals surface area contributed by atoms with Gasteiger partial charge in [-0.1, -0.05) is 74.5 Å². The highest BCUT2D eigenvalue weighted by Crippen LogP contribution is 2.18. The van der Waals surface area contributed by atoms with Crippen molar-refractivity contribution in [3.8, 4) is 0 Å². The van der Waals surface area contributed by atoms with Gasteiger partial charge < -0.3 is 20.1 Å². The van der Waals surface area contributed by atoms with Gasteiger partial charge >= 0.3 is 5.97 Å². The zero-order valence-corrected chi connectivity index (χ0v) is 25.1. The van der Waals surface area contributed by atoms with Gasteiger partial charge in [0.1, 0.15) is 6.04 Å². The number of esters is 1. The van der Waals surface area contributed by atoms with E-state index in [-0.39, 0.29) is 30.6 Å². The lowest BCUT2D eigenvalue weighted by molar-refractivity contribution is -0.147. The Bertz CT molecular complexity index is 1130. The summed E-state index contributed by atoms with van der Waals surface area (Å²) in [5.41, 5.74) is 1.98. The Morgan fingerprint density at radius 2 is 1.50 bits per heavy atom. The Balaban J connectivity index is 1.72. The molecule has 1 fully saturated rings. The molecule has 2 N–H and O–H groups in total. The van der Waals surface area contributed by atoms with E-state index in [2.05, 4.69) is 10.6 Å². The molecule has 0 aliphatic carbocycles. The van der Waals surface area contributed by atoms with E-state index in [1.54, 1.807) is 0 Å². The minimum absolute atomic E-state index is 0.0582. The van der Waals surface area contributed by atoms with Crippen LogP contribution in [0.3, 0.4) is 0 Å². The third-order valence-corrected chi connectivity index (χ3v) is 7.41. The Labute approximate surface area is 249 Å². The van der Waals surface area contributed by atoms with Crippen LogP contribution in [0.15, 0.2) is 60.7 Å². The highest BCUT2D eigenvalue weighted by molar-refractivity contribution is 5.94. The summed E-state index contributed by atoms with van der Waals surface area (Å²) in [5.74, 6) is -1.90. The number of hydrogen-bond donors (Lipinski definition) is 2. The number of amides is 2. The van der Waals surface area contributed by atoms with Gasteiger partial charge in [0.2, 0.25) is 11.8 Å². The van der Waals surface area contributed by atoms with Crippen molar-refractivity contribution in [1.29, 1.82) is 0 Å². The molecular weight excluding hydrogens is 534 g/mol. The molecule has 2 aromatic rings. The lowest BCUT2D eigenvalue weighted by Crippen LogP contribution is -2.54. The van der Waals surface area contributed by atoms with Gasteiger partial charge in [-0.2, -0.15) is 0 Å². The summed E-state index contributed by atoms with van der Waals surface area (Å²) in [7, 11) is 1.31. The summed E-state index contributed by atoms with van der Waals surface area (Å²) < 4.78 is 10.4. The van der Waals surface area contributed by atoms with E-state index < -0.39 is 29.9 Å². The zero-order chi connectivity index (χ0) is 30.3. The number of aryl methyl sites for hydroxylation is 1. The average molecular weight is 580 g/mol. The Morgan fingerprint density at radius 1 is 0.881 bits per heavy atom. The van der Waals surface area contributed by atoms with Gasteiger partial charge in [0.15, 0.2) is 5.78 Å². The van der Waals surface area contributed by atoms with Gasteiger partial charge in [-0.05, 0) is 42.7 Å². The molecule has 1 aliphatic heterocycles. The molecule has 0 radical (unpaired) electrons. The first-order chi connectivity index (χ1) is 20.2. The molecule has 9 heteroatoms. The fraction of sp³-hybridized carbons (Fsp3) is 0.515. The molecular formula is C33H45N3O6. The van der Waals surface area contributed by atoms with Crippen LogP contribution in [-0.4, -0.2) is 80.5 Å². The van der Waals surface area contributed by atoms with Crippen LogP contribution in [0.4, 0.5) is 0 Å². The van der Waals surface area contributed by atoms with Crippen molar-refractivity contribution in [2.24, 2.45) is 11.8 Å². The van der Waals surface area contributed by atoms with E-state index in [1.165, 1.54) is 7.11 Å². The maximum absolute atomic E-state index is 13.7. The summed E-state index contributed by atoms with van der Waals surface area (Å²) in [6, 6.07) is 17.6. The minimum Gasteiger partial charge on any atom is -0.469 e. The largest absolute Gasteiger partial charge is 0.469 e. The molecule has 228 valence electrons. The Morgan fingerprint density at radius 3 is 2.10 bits per heavy atom. The first kappa shape index (κ1) is 32.9. The molecule has 3 rings (SSSR count). The monoisotopic (exact) mass is 579 g/mol. The molecule has 0 aromatic heterocycles. The maximum Gasteiger partial charge on any atom is 0.309 e. The number of hydrogen-bond acceptors (Lipinski definition) is 7. The Hall–Kier alpha value is -3.56. The maximum atomic E-state index is 13.7. The molecule has 42 heavy (non-hydrogen) atoms. The van der Waals surface area contributed by atoms with Gasteiger partial charge in [-0.15, -0.1) is 0 Å². The second-order valence-corrected chi connectivity index (χ2v) is 11.3. The van der Waals surface area contributed by atoms with Crippen molar-refractivity contribution in [2.75, 3.05) is 40.0 Å². The number of nitrogens with zero attached hydrogens (tertiary/aromatic N) is 1. The van der Waals surface area contributed by atoms with Gasteiger partial charge in [0, 0.05) is 19.5 Å². The molecule has 9 nitrogen and oxygen atoms in total. The summed E-state index contributed by atoms with van der Waals surface area (Å²) in [6.07, 6.45) is 1.68. The topological polar surface area (TPSA) is 114 Å². The second kappa shape index (κ2) is 17.4. The molecule has 1 saturated heterocycles. The van der Waals surface area contributed by atoms with Crippen LogP contribution in [0.1, 0.15) is 44.2 Å². The number of carbonyl (C=O) groups excluding carboxylic acids is 4. The van der Waals surface area contributed by atoms with Crippen LogP contribution >= 0.6 is 0 Å². The predicted molar refractivity (Wildman–Crippen MR) is 161 cm³/mol. The van der Waals surface area contributed by atoms with E-state index in [9.17, 15) is 19.2 Å². The van der Waals surface area contributed by atoms with Crippen molar-refractivity contribution in [1.82, 2.24) is 15.5 Å². The number of ether oxygens (including phenoxy) is 2. The lowest BCUT2D eigenvalue weighted by Gasteiger charge is -2.28. The number of methoxy groups -OCH3 is 1. The second-order valence-electron chi connectivity index (χ2n) is 11.3. The summed E-state index contributed by atoms with van der Waals surface area (Å²) in [5, 5.41) is 5.84. The average Bonchev–Trinajstić information content (AvgIpc) is 2.99. The molecule has 2 aromatic carbocycles. The van der Waals surface area contributed by atoms with Crippen molar-refractivity contribution in [3.05, 3.63) is 71.8 Å². The summed E-state index contributed by atoms with van der Waals surface area (Å²) in [6.45, 7) is 6.58. The molecule has 0 spiro atoms. The summed E-state index contributed by atoms with van der Waals surface area (Å²) in [4.78, 5) is 54.8. The normalized spacial score (nSPS) is 15.8. The van der Waals surface area contributed by atoms with Crippen molar-refractivity contribution < 1.29 is 28.7 Å². The van der Waals surface area contributed by atoms with Gasteiger partial charge in [0.05, 0.1) is 38.8 Å². The smallest absolute Gasteiger partial charge is 0.309 e. The van der Waals surface area contributed by atoms with Crippen LogP contribution in [0.2, 0.25) is 0 Å². The van der Waals surface area contributed by atoms with Crippen molar-refractivity contribution in [3.63, 3.8) is 0 Å². The zero-order valence-electron chi connectivity index (χ0n) is 25.1. The third-order valence-electron chi connectivity index (χ3n) is 7.41. The van der Waals surface area contributed by atoms with Crippen LogP contribution in [-0.2, 0) is 41.5 Å². The minimum atomic E-state index is -0.818. The fourth-order valence-electron chi connectivity index (χ4n) is 5.13. The van der Waals surface area contributed by atoms with Crippen LogP contribution in [0.5, 0.6) is 0 Å². The molecule has 1 heterocycles. The van der Waals surface area contributed by atoms with E-state index in [0.717, 1.165) is 11.1 Å². The number of nitrogens with one attached hydrogen (secondary N) is 2. The third kappa shape index (κ3) is 11.4. The van der Waals surface area contributed by atoms with Crippen molar-refractivity contribution >= 4 is 23.6 Å². The van der Waals surface area contributed by atoms with E-state index >= 15 is 0 Å². The van der Waals surface area contributed by atoms with Gasteiger partial charge in [-0.25, -0.2) is 0 Å². The number of rotatable bonds is 16. The molecule has 0 unspecified atom stereocenters. The van der Waals surface area contributed by atoms with Crippen LogP contribution in [0.25, 0.3) is 0 Å². The SMILES string of the molecule is COC(=O)[C@@H](CC(=O)[C@H](CC(C)C)NC(=O)[C@H](CCc1ccccc1)NC(=O)CN1CCOCC1)Cc1ccccc1. The molecule has 0 bridgehead atoms. The quantitative estimate of drug-likeness (QED) is 0.294. The van der Waals surface area contributed by atoms with Gasteiger partial charge in [0.25, 0.3) is 0 Å². The fourth-order valence-corrected chi connectivity index (χ4v) is 5.13. The number of Topliss-reactive ketones (excluding diaryl/α,β-unsaturated/α-hetero) is 1. The number of ketones is 1. The Kier molecular flexibility index (Phi) is 13.7. The van der Waals surface area contributed by atoms with Gasteiger partial charge in [-0.3, -0.25) is 24.1 Å².